The molecule has 0 aliphatic rings. The number of alkyl halides is 3. The summed E-state index contributed by atoms with van der Waals surface area (Å²) in [5.74, 6) is -0.0806. The van der Waals surface area contributed by atoms with Crippen LogP contribution in [0.25, 0.3) is 22.4 Å². The van der Waals surface area contributed by atoms with Crippen molar-refractivity contribution in [2.75, 3.05) is 6.61 Å². The topological polar surface area (TPSA) is 47.9 Å². The van der Waals surface area contributed by atoms with Crippen LogP contribution in [0.3, 0.4) is 0 Å². The van der Waals surface area contributed by atoms with Crippen LogP contribution >= 0.6 is 0 Å². The standard InChI is InChI=1S/C25H20F3N3O/c1-17-21(9-5-13-29-17)22-8-3-2-6-18(22)14-20-7-4-10-23(31-20)19-11-12-24(30-15-19)32-16-25(26,27)28/h2-13,15H,14,16H2,1H3. The van der Waals surface area contributed by atoms with Crippen LogP contribution in [-0.2, 0) is 6.42 Å². The van der Waals surface area contributed by atoms with Crippen LogP contribution < -0.4 is 4.74 Å². The van der Waals surface area contributed by atoms with Crippen molar-refractivity contribution in [3.05, 3.63) is 96.1 Å². The Morgan fingerprint density at radius 1 is 0.844 bits per heavy atom. The van der Waals surface area contributed by atoms with Crippen LogP contribution in [0.15, 0.2) is 79.1 Å². The molecule has 0 bridgehead atoms. The maximum atomic E-state index is 12.3. The predicted molar refractivity (Wildman–Crippen MR) is 116 cm³/mol. The van der Waals surface area contributed by atoms with Gasteiger partial charge in [-0.05, 0) is 42.3 Å². The average molecular weight is 435 g/mol. The molecule has 4 nitrogen and oxygen atoms in total. The smallest absolute Gasteiger partial charge is 0.422 e. The second-order valence-corrected chi connectivity index (χ2v) is 7.27. The van der Waals surface area contributed by atoms with Gasteiger partial charge in [0.1, 0.15) is 0 Å². The Labute approximate surface area is 183 Å². The molecule has 7 heteroatoms. The number of hydrogen-bond acceptors (Lipinski definition) is 4. The van der Waals surface area contributed by atoms with Crippen LogP contribution in [0.2, 0.25) is 0 Å². The van der Waals surface area contributed by atoms with Crippen LogP contribution in [0.4, 0.5) is 13.2 Å². The molecule has 4 aromatic rings. The highest BCUT2D eigenvalue weighted by molar-refractivity contribution is 5.69. The first kappa shape index (κ1) is 21.5. The van der Waals surface area contributed by atoms with E-state index in [2.05, 4.69) is 32.9 Å². The number of halogens is 3. The molecule has 0 saturated heterocycles. The van der Waals surface area contributed by atoms with E-state index in [1.807, 2.05) is 43.3 Å². The Hall–Kier alpha value is -3.74. The predicted octanol–water partition coefficient (Wildman–Crippen LogP) is 6.05. The fraction of sp³-hybridized carbons (Fsp3) is 0.160. The van der Waals surface area contributed by atoms with Crippen molar-refractivity contribution in [1.29, 1.82) is 0 Å². The number of aromatic nitrogens is 3. The number of nitrogens with zero attached hydrogens (tertiary/aromatic N) is 3. The third kappa shape index (κ3) is 5.29. The van der Waals surface area contributed by atoms with Gasteiger partial charge in [-0.1, -0.05) is 36.4 Å². The summed E-state index contributed by atoms with van der Waals surface area (Å²) in [6.07, 6.45) is -0.538. The molecule has 0 fully saturated rings. The van der Waals surface area contributed by atoms with Gasteiger partial charge in [0.2, 0.25) is 5.88 Å². The monoisotopic (exact) mass is 435 g/mol. The first-order valence-electron chi connectivity index (χ1n) is 10.0. The van der Waals surface area contributed by atoms with Gasteiger partial charge in [0, 0.05) is 47.4 Å². The van der Waals surface area contributed by atoms with E-state index in [0.717, 1.165) is 28.1 Å². The number of rotatable bonds is 6. The summed E-state index contributed by atoms with van der Waals surface area (Å²) < 4.78 is 41.6. The normalized spacial score (nSPS) is 11.4. The number of pyridine rings is 3. The number of aryl methyl sites for hydroxylation is 1. The van der Waals surface area contributed by atoms with Crippen molar-refractivity contribution in [1.82, 2.24) is 15.0 Å². The second kappa shape index (κ2) is 9.18. The molecule has 0 atom stereocenters. The molecule has 0 saturated carbocycles. The Morgan fingerprint density at radius 2 is 1.66 bits per heavy atom. The van der Waals surface area contributed by atoms with Crippen LogP contribution in [0.5, 0.6) is 5.88 Å². The zero-order chi connectivity index (χ0) is 22.6. The summed E-state index contributed by atoms with van der Waals surface area (Å²) >= 11 is 0. The Kier molecular flexibility index (Phi) is 6.16. The maximum absolute atomic E-state index is 12.3. The lowest BCUT2D eigenvalue weighted by Gasteiger charge is -2.12. The molecule has 1 aromatic carbocycles. The lowest BCUT2D eigenvalue weighted by atomic mass is 9.95. The zero-order valence-electron chi connectivity index (χ0n) is 17.3. The third-order valence-corrected chi connectivity index (χ3v) is 4.91. The third-order valence-electron chi connectivity index (χ3n) is 4.91. The molecule has 0 radical (unpaired) electrons. The van der Waals surface area contributed by atoms with E-state index in [-0.39, 0.29) is 5.88 Å². The Bertz CT molecular complexity index is 1210. The zero-order valence-corrected chi connectivity index (χ0v) is 17.3. The van der Waals surface area contributed by atoms with E-state index in [1.165, 1.54) is 12.3 Å². The Balaban J connectivity index is 1.56. The van der Waals surface area contributed by atoms with Crippen LogP contribution in [-0.4, -0.2) is 27.7 Å². The van der Waals surface area contributed by atoms with E-state index in [4.69, 9.17) is 4.98 Å². The van der Waals surface area contributed by atoms with E-state index in [9.17, 15) is 13.2 Å². The molecule has 0 N–H and O–H groups in total. The quantitative estimate of drug-likeness (QED) is 0.370. The summed E-state index contributed by atoms with van der Waals surface area (Å²) in [5, 5.41) is 0. The molecule has 4 rings (SSSR count). The van der Waals surface area contributed by atoms with Crippen molar-refractivity contribution in [2.24, 2.45) is 0 Å². The average Bonchev–Trinajstić information content (AvgIpc) is 2.79. The van der Waals surface area contributed by atoms with Crippen molar-refractivity contribution < 1.29 is 17.9 Å². The second-order valence-electron chi connectivity index (χ2n) is 7.27. The van der Waals surface area contributed by atoms with Gasteiger partial charge >= 0.3 is 6.18 Å². The van der Waals surface area contributed by atoms with E-state index in [1.54, 1.807) is 12.3 Å². The highest BCUT2D eigenvalue weighted by Crippen LogP contribution is 2.28. The lowest BCUT2D eigenvalue weighted by molar-refractivity contribution is -0.154. The first-order valence-corrected chi connectivity index (χ1v) is 10.0. The SMILES string of the molecule is Cc1ncccc1-c1ccccc1Cc1cccc(-c2ccc(OCC(F)(F)F)nc2)n1. The number of hydrogen-bond donors (Lipinski definition) is 0. The molecule has 0 amide bonds. The number of benzene rings is 1. The van der Waals surface area contributed by atoms with Gasteiger partial charge in [0.05, 0.1) is 5.69 Å². The van der Waals surface area contributed by atoms with Gasteiger partial charge in [0.15, 0.2) is 6.61 Å². The first-order chi connectivity index (χ1) is 15.4. The summed E-state index contributed by atoms with van der Waals surface area (Å²) in [6.45, 7) is 0.614. The molecule has 0 unspecified atom stereocenters. The van der Waals surface area contributed by atoms with Crippen molar-refractivity contribution >= 4 is 0 Å². The fourth-order valence-electron chi connectivity index (χ4n) is 3.41. The minimum atomic E-state index is -4.40. The summed E-state index contributed by atoms with van der Waals surface area (Å²) in [7, 11) is 0. The van der Waals surface area contributed by atoms with Crippen molar-refractivity contribution in [3.8, 4) is 28.3 Å². The molecule has 3 heterocycles. The molecule has 3 aromatic heterocycles. The molecule has 0 aliphatic carbocycles. The van der Waals surface area contributed by atoms with Gasteiger partial charge in [0.25, 0.3) is 0 Å². The minimum Gasteiger partial charge on any atom is -0.468 e. The van der Waals surface area contributed by atoms with E-state index >= 15 is 0 Å². The van der Waals surface area contributed by atoms with E-state index in [0.29, 0.717) is 17.7 Å². The van der Waals surface area contributed by atoms with Crippen molar-refractivity contribution in [2.45, 2.75) is 19.5 Å². The summed E-state index contributed by atoms with van der Waals surface area (Å²) in [4.78, 5) is 13.1. The molecule has 32 heavy (non-hydrogen) atoms. The maximum Gasteiger partial charge on any atom is 0.422 e. The van der Waals surface area contributed by atoms with Crippen LogP contribution in [0, 0.1) is 6.92 Å². The van der Waals surface area contributed by atoms with Crippen molar-refractivity contribution in [3.63, 3.8) is 0 Å². The molecule has 0 spiro atoms. The molecular formula is C25H20F3N3O. The fourth-order valence-corrected chi connectivity index (χ4v) is 3.41. The highest BCUT2D eigenvalue weighted by atomic mass is 19.4. The Morgan fingerprint density at radius 3 is 2.41 bits per heavy atom. The van der Waals surface area contributed by atoms with Gasteiger partial charge in [-0.25, -0.2) is 4.98 Å². The number of ether oxygens (including phenoxy) is 1. The van der Waals surface area contributed by atoms with Gasteiger partial charge in [-0.3, -0.25) is 9.97 Å². The van der Waals surface area contributed by atoms with Gasteiger partial charge in [-0.15, -0.1) is 0 Å². The summed E-state index contributed by atoms with van der Waals surface area (Å²) in [6, 6.07) is 20.9. The molecule has 0 aliphatic heterocycles. The lowest BCUT2D eigenvalue weighted by Crippen LogP contribution is -2.19. The van der Waals surface area contributed by atoms with E-state index < -0.39 is 12.8 Å². The molecular weight excluding hydrogens is 415 g/mol. The summed E-state index contributed by atoms with van der Waals surface area (Å²) in [5.41, 5.74) is 6.53. The minimum absolute atomic E-state index is 0.0806. The van der Waals surface area contributed by atoms with Crippen LogP contribution in [0.1, 0.15) is 17.0 Å². The highest BCUT2D eigenvalue weighted by Gasteiger charge is 2.28. The molecule has 162 valence electrons. The van der Waals surface area contributed by atoms with Gasteiger partial charge in [-0.2, -0.15) is 13.2 Å². The van der Waals surface area contributed by atoms with Gasteiger partial charge < -0.3 is 4.74 Å². The largest absolute Gasteiger partial charge is 0.468 e.